The van der Waals surface area contributed by atoms with Crippen molar-refractivity contribution < 1.29 is 22.7 Å². The lowest BCUT2D eigenvalue weighted by Crippen LogP contribution is -2.19. The molecule has 0 bridgehead atoms. The molecule has 0 fully saturated rings. The summed E-state index contributed by atoms with van der Waals surface area (Å²) < 4.78 is 42.3. The maximum Gasteiger partial charge on any atom is 0.419 e. The van der Waals surface area contributed by atoms with Gasteiger partial charge in [-0.25, -0.2) is 4.79 Å². The predicted octanol–water partition coefficient (Wildman–Crippen LogP) is 1.78. The average Bonchev–Trinajstić information content (AvgIpc) is 2.25. The Labute approximate surface area is 89.2 Å². The van der Waals surface area contributed by atoms with E-state index in [2.05, 4.69) is 4.74 Å². The number of ether oxygens (including phenoxy) is 1. The van der Waals surface area contributed by atoms with E-state index < -0.39 is 23.3 Å². The average molecular weight is 234 g/mol. The lowest BCUT2D eigenvalue weighted by molar-refractivity contribution is -0.137. The summed E-state index contributed by atoms with van der Waals surface area (Å²) in [5.41, 5.74) is -0.199. The van der Waals surface area contributed by atoms with Crippen LogP contribution >= 0.6 is 0 Å². The standard InChI is InChI=1S/C9H9F3N2O2/c1-16-8(15)5-3-2-4-6(14-13)7(5)9(10,11)12/h2-4,14H,13H2,1H3. The molecule has 0 amide bonds. The van der Waals surface area contributed by atoms with Crippen molar-refractivity contribution in [2.75, 3.05) is 12.5 Å². The van der Waals surface area contributed by atoms with Crippen LogP contribution in [-0.2, 0) is 10.9 Å². The molecule has 0 unspecified atom stereocenters. The predicted molar refractivity (Wildman–Crippen MR) is 50.6 cm³/mol. The van der Waals surface area contributed by atoms with E-state index in [4.69, 9.17) is 5.84 Å². The van der Waals surface area contributed by atoms with Crippen molar-refractivity contribution >= 4 is 11.7 Å². The molecular formula is C9H9F3N2O2. The Bertz CT molecular complexity index is 404. The second-order valence-corrected chi connectivity index (χ2v) is 2.86. The minimum atomic E-state index is -4.69. The van der Waals surface area contributed by atoms with E-state index in [-0.39, 0.29) is 5.69 Å². The van der Waals surface area contributed by atoms with E-state index in [9.17, 15) is 18.0 Å². The van der Waals surface area contributed by atoms with Crippen molar-refractivity contribution in [3.63, 3.8) is 0 Å². The number of carbonyl (C=O) groups is 1. The molecule has 1 rings (SSSR count). The number of hydrogen-bond donors (Lipinski definition) is 2. The zero-order valence-corrected chi connectivity index (χ0v) is 8.26. The number of hydrazine groups is 1. The van der Waals surface area contributed by atoms with Crippen molar-refractivity contribution in [2.45, 2.75) is 6.18 Å². The molecule has 0 saturated heterocycles. The zero-order valence-electron chi connectivity index (χ0n) is 8.26. The molecule has 7 heteroatoms. The molecule has 0 saturated carbocycles. The minimum absolute atomic E-state index is 0.379. The van der Waals surface area contributed by atoms with Crippen molar-refractivity contribution in [1.29, 1.82) is 0 Å². The number of nitrogen functional groups attached to an aromatic ring is 1. The molecule has 0 spiro atoms. The highest BCUT2D eigenvalue weighted by Gasteiger charge is 2.38. The second kappa shape index (κ2) is 4.40. The van der Waals surface area contributed by atoms with Gasteiger partial charge in [-0.05, 0) is 12.1 Å². The molecule has 0 aliphatic heterocycles. The highest BCUT2D eigenvalue weighted by atomic mass is 19.4. The van der Waals surface area contributed by atoms with Gasteiger partial charge in [0.2, 0.25) is 0 Å². The fraction of sp³-hybridized carbons (Fsp3) is 0.222. The number of alkyl halides is 3. The maximum absolute atomic E-state index is 12.7. The number of hydrogen-bond acceptors (Lipinski definition) is 4. The first-order valence-corrected chi connectivity index (χ1v) is 4.17. The fourth-order valence-corrected chi connectivity index (χ4v) is 1.26. The Morgan fingerprint density at radius 1 is 1.44 bits per heavy atom. The fourth-order valence-electron chi connectivity index (χ4n) is 1.26. The summed E-state index contributed by atoms with van der Waals surface area (Å²) in [4.78, 5) is 11.2. The van der Waals surface area contributed by atoms with Gasteiger partial charge in [0, 0.05) is 0 Å². The molecule has 4 nitrogen and oxygen atoms in total. The molecule has 0 radical (unpaired) electrons. The molecule has 0 atom stereocenters. The first kappa shape index (κ1) is 12.3. The van der Waals surface area contributed by atoms with Gasteiger partial charge in [-0.15, -0.1) is 0 Å². The Kier molecular flexibility index (Phi) is 3.38. The Morgan fingerprint density at radius 2 is 2.06 bits per heavy atom. The summed E-state index contributed by atoms with van der Waals surface area (Å²) in [7, 11) is 1.00. The maximum atomic E-state index is 12.7. The molecule has 0 aliphatic carbocycles. The third-order valence-electron chi connectivity index (χ3n) is 1.91. The van der Waals surface area contributed by atoms with Crippen molar-refractivity contribution in [3.05, 3.63) is 29.3 Å². The quantitative estimate of drug-likeness (QED) is 0.465. The molecule has 16 heavy (non-hydrogen) atoms. The number of esters is 1. The highest BCUT2D eigenvalue weighted by molar-refractivity contribution is 5.93. The largest absolute Gasteiger partial charge is 0.465 e. The van der Waals surface area contributed by atoms with E-state index in [0.717, 1.165) is 19.2 Å². The van der Waals surface area contributed by atoms with Crippen molar-refractivity contribution in [1.82, 2.24) is 0 Å². The molecule has 0 heterocycles. The van der Waals surface area contributed by atoms with E-state index in [0.29, 0.717) is 0 Å². The molecule has 1 aromatic carbocycles. The van der Waals surface area contributed by atoms with E-state index in [1.54, 1.807) is 0 Å². The summed E-state index contributed by atoms with van der Waals surface area (Å²) in [6.45, 7) is 0. The molecular weight excluding hydrogens is 225 g/mol. The first-order chi connectivity index (χ1) is 7.41. The van der Waals surface area contributed by atoms with Crippen LogP contribution in [-0.4, -0.2) is 13.1 Å². The smallest absolute Gasteiger partial charge is 0.419 e. The molecule has 3 N–H and O–H groups in total. The molecule has 0 aromatic heterocycles. The normalized spacial score (nSPS) is 11.1. The summed E-state index contributed by atoms with van der Waals surface area (Å²) in [6, 6.07) is 3.42. The van der Waals surface area contributed by atoms with Gasteiger partial charge in [0.1, 0.15) is 0 Å². The summed E-state index contributed by atoms with van der Waals surface area (Å²) in [5.74, 6) is 3.89. The van der Waals surface area contributed by atoms with Gasteiger partial charge in [0.25, 0.3) is 0 Å². The van der Waals surface area contributed by atoms with Gasteiger partial charge >= 0.3 is 12.1 Å². The number of nitrogens with one attached hydrogen (secondary N) is 1. The Balaban J connectivity index is 3.44. The number of halogens is 3. The zero-order chi connectivity index (χ0) is 12.3. The lowest BCUT2D eigenvalue weighted by Gasteiger charge is -2.15. The topological polar surface area (TPSA) is 64.3 Å². The summed E-state index contributed by atoms with van der Waals surface area (Å²) in [6.07, 6.45) is -4.69. The van der Waals surface area contributed by atoms with Crippen molar-refractivity contribution in [3.8, 4) is 0 Å². The third-order valence-corrected chi connectivity index (χ3v) is 1.91. The number of anilines is 1. The molecule has 88 valence electrons. The SMILES string of the molecule is COC(=O)c1cccc(NN)c1C(F)(F)F. The second-order valence-electron chi connectivity index (χ2n) is 2.86. The number of rotatable bonds is 2. The highest BCUT2D eigenvalue weighted by Crippen LogP contribution is 2.37. The van der Waals surface area contributed by atoms with Gasteiger partial charge in [0.05, 0.1) is 23.9 Å². The third kappa shape index (κ3) is 2.25. The minimum Gasteiger partial charge on any atom is -0.465 e. The number of methoxy groups -OCH3 is 1. The number of nitrogens with two attached hydrogens (primary N) is 1. The Hall–Kier alpha value is -1.76. The van der Waals surface area contributed by atoms with Crippen LogP contribution in [0.2, 0.25) is 0 Å². The van der Waals surface area contributed by atoms with Gasteiger partial charge < -0.3 is 10.2 Å². The van der Waals surface area contributed by atoms with Crippen LogP contribution in [0.1, 0.15) is 15.9 Å². The van der Waals surface area contributed by atoms with Gasteiger partial charge in [-0.1, -0.05) is 6.07 Å². The van der Waals surface area contributed by atoms with E-state index in [1.807, 2.05) is 5.43 Å². The van der Waals surface area contributed by atoms with Crippen LogP contribution in [0.15, 0.2) is 18.2 Å². The van der Waals surface area contributed by atoms with Crippen LogP contribution in [0.3, 0.4) is 0 Å². The monoisotopic (exact) mass is 234 g/mol. The van der Waals surface area contributed by atoms with Crippen molar-refractivity contribution in [2.24, 2.45) is 5.84 Å². The lowest BCUT2D eigenvalue weighted by atomic mass is 10.1. The Morgan fingerprint density at radius 3 is 2.50 bits per heavy atom. The number of carbonyl (C=O) groups excluding carboxylic acids is 1. The molecule has 0 aliphatic rings. The van der Waals surface area contributed by atoms with Crippen LogP contribution in [0.5, 0.6) is 0 Å². The summed E-state index contributed by atoms with van der Waals surface area (Å²) >= 11 is 0. The van der Waals surface area contributed by atoms with Crippen LogP contribution in [0, 0.1) is 0 Å². The molecule has 1 aromatic rings. The first-order valence-electron chi connectivity index (χ1n) is 4.17. The van der Waals surface area contributed by atoms with Crippen LogP contribution < -0.4 is 11.3 Å². The van der Waals surface area contributed by atoms with Gasteiger partial charge in [0.15, 0.2) is 0 Å². The van der Waals surface area contributed by atoms with E-state index in [1.165, 1.54) is 6.07 Å². The van der Waals surface area contributed by atoms with Crippen LogP contribution in [0.4, 0.5) is 18.9 Å². The van der Waals surface area contributed by atoms with Gasteiger partial charge in [-0.3, -0.25) is 5.84 Å². The van der Waals surface area contributed by atoms with Gasteiger partial charge in [-0.2, -0.15) is 13.2 Å². The number of benzene rings is 1. The van der Waals surface area contributed by atoms with E-state index >= 15 is 0 Å². The summed E-state index contributed by atoms with van der Waals surface area (Å²) in [5, 5.41) is 0. The van der Waals surface area contributed by atoms with Crippen LogP contribution in [0.25, 0.3) is 0 Å².